The van der Waals surface area contributed by atoms with Crippen molar-refractivity contribution >= 4 is 40.7 Å². The van der Waals surface area contributed by atoms with Crippen LogP contribution in [-0.4, -0.2) is 37.4 Å². The van der Waals surface area contributed by atoms with Gasteiger partial charge in [-0.15, -0.1) is 38.0 Å². The van der Waals surface area contributed by atoms with Crippen LogP contribution in [0.5, 0.6) is 5.75 Å². The number of halogens is 7. The van der Waals surface area contributed by atoms with Crippen LogP contribution in [-0.2, 0) is 0 Å². The smallest absolute Gasteiger partial charge is 0.406 e. The van der Waals surface area contributed by atoms with Crippen molar-refractivity contribution in [2.45, 2.75) is 12.4 Å². The fourth-order valence-corrected chi connectivity index (χ4v) is 3.49. The summed E-state index contributed by atoms with van der Waals surface area (Å²) in [7, 11) is 0. The standard InChI is InChI=1S/C18H17BrF4N2O.2ClH/c19-15-3-1-2-14(16(15)20)17(25-10-8-24-9-11-25)12-4-6-13(7-5-12)26-18(21,22)23;;/h1-7,17,24H,8-11H2;2*1H/t17-;;/m0../s1. The Bertz CT molecular complexity index is 756. The minimum atomic E-state index is -4.74. The van der Waals surface area contributed by atoms with Gasteiger partial charge in [-0.25, -0.2) is 4.39 Å². The molecule has 0 unspecified atom stereocenters. The van der Waals surface area contributed by atoms with E-state index in [0.29, 0.717) is 28.7 Å². The van der Waals surface area contributed by atoms with Crippen LogP contribution < -0.4 is 10.1 Å². The molecule has 10 heteroatoms. The second-order valence-corrected chi connectivity index (χ2v) is 6.80. The SMILES string of the molecule is Cl.Cl.Fc1c(Br)cccc1[C@H](c1ccc(OC(F)(F)F)cc1)N1CCNCC1. The second-order valence-electron chi connectivity index (χ2n) is 5.95. The molecule has 1 aliphatic heterocycles. The quantitative estimate of drug-likeness (QED) is 0.569. The van der Waals surface area contributed by atoms with Crippen molar-refractivity contribution in [2.24, 2.45) is 0 Å². The van der Waals surface area contributed by atoms with E-state index in [1.165, 1.54) is 12.1 Å². The molecule has 3 rings (SSSR count). The molecular formula is C18H19BrCl2F4N2O. The van der Waals surface area contributed by atoms with E-state index >= 15 is 0 Å². The molecule has 2 aromatic rings. The van der Waals surface area contributed by atoms with Crippen molar-refractivity contribution in [2.75, 3.05) is 26.2 Å². The molecule has 2 aromatic carbocycles. The summed E-state index contributed by atoms with van der Waals surface area (Å²) in [6.45, 7) is 2.94. The van der Waals surface area contributed by atoms with E-state index in [-0.39, 0.29) is 36.4 Å². The first-order valence-electron chi connectivity index (χ1n) is 8.09. The third-order valence-corrected chi connectivity index (χ3v) is 4.83. The number of nitrogens with one attached hydrogen (secondary N) is 1. The van der Waals surface area contributed by atoms with Gasteiger partial charge in [0.15, 0.2) is 0 Å². The number of rotatable bonds is 4. The van der Waals surface area contributed by atoms with E-state index in [1.54, 1.807) is 30.3 Å². The zero-order chi connectivity index (χ0) is 18.7. The van der Waals surface area contributed by atoms with Crippen LogP contribution in [0.4, 0.5) is 17.6 Å². The van der Waals surface area contributed by atoms with E-state index in [1.807, 2.05) is 0 Å². The number of nitrogens with zero attached hydrogens (tertiary/aromatic N) is 1. The number of hydrogen-bond donors (Lipinski definition) is 1. The molecule has 0 aromatic heterocycles. The van der Waals surface area contributed by atoms with Crippen molar-refractivity contribution in [1.82, 2.24) is 10.2 Å². The Kier molecular flexibility index (Phi) is 9.49. The van der Waals surface area contributed by atoms with Crippen molar-refractivity contribution in [3.63, 3.8) is 0 Å². The van der Waals surface area contributed by atoms with Gasteiger partial charge >= 0.3 is 6.36 Å². The van der Waals surface area contributed by atoms with E-state index in [0.717, 1.165) is 13.1 Å². The molecule has 1 atom stereocenters. The van der Waals surface area contributed by atoms with Crippen molar-refractivity contribution in [3.05, 3.63) is 63.9 Å². The van der Waals surface area contributed by atoms with Gasteiger partial charge in [0, 0.05) is 31.7 Å². The Hall–Kier alpha value is -1.06. The van der Waals surface area contributed by atoms with Gasteiger partial charge in [0.25, 0.3) is 0 Å². The largest absolute Gasteiger partial charge is 0.573 e. The maximum absolute atomic E-state index is 14.7. The van der Waals surface area contributed by atoms with Gasteiger partial charge < -0.3 is 10.1 Å². The Morgan fingerprint density at radius 1 is 1.00 bits per heavy atom. The summed E-state index contributed by atoms with van der Waals surface area (Å²) in [6.07, 6.45) is -4.74. The highest BCUT2D eigenvalue weighted by Gasteiger charge is 2.31. The molecule has 1 heterocycles. The second kappa shape index (κ2) is 10.6. The third-order valence-electron chi connectivity index (χ3n) is 4.22. The van der Waals surface area contributed by atoms with Crippen LogP contribution in [0.3, 0.4) is 0 Å². The maximum Gasteiger partial charge on any atom is 0.573 e. The van der Waals surface area contributed by atoms with Gasteiger partial charge in [0.05, 0.1) is 10.5 Å². The fraction of sp³-hybridized carbons (Fsp3) is 0.333. The third kappa shape index (κ3) is 6.22. The first kappa shape index (κ1) is 25.0. The summed E-state index contributed by atoms with van der Waals surface area (Å²) in [6, 6.07) is 10.3. The molecular weight excluding hydrogens is 487 g/mol. The normalized spacial score (nSPS) is 15.9. The predicted molar refractivity (Wildman–Crippen MR) is 108 cm³/mol. The zero-order valence-electron chi connectivity index (χ0n) is 14.5. The lowest BCUT2D eigenvalue weighted by Crippen LogP contribution is -2.45. The molecule has 3 nitrogen and oxygen atoms in total. The highest BCUT2D eigenvalue weighted by Crippen LogP contribution is 2.34. The van der Waals surface area contributed by atoms with Crippen LogP contribution in [0.15, 0.2) is 46.9 Å². The molecule has 0 spiro atoms. The van der Waals surface area contributed by atoms with Gasteiger partial charge in [-0.1, -0.05) is 24.3 Å². The fourth-order valence-electron chi connectivity index (χ4n) is 3.11. The molecule has 1 saturated heterocycles. The van der Waals surface area contributed by atoms with Crippen LogP contribution in [0.1, 0.15) is 17.2 Å². The number of benzene rings is 2. The maximum atomic E-state index is 14.7. The summed E-state index contributed by atoms with van der Waals surface area (Å²) in [5, 5.41) is 3.24. The van der Waals surface area contributed by atoms with Crippen molar-refractivity contribution < 1.29 is 22.3 Å². The van der Waals surface area contributed by atoms with E-state index in [9.17, 15) is 17.6 Å². The summed E-state index contributed by atoms with van der Waals surface area (Å²) in [4.78, 5) is 2.11. The molecule has 1 aliphatic rings. The zero-order valence-corrected chi connectivity index (χ0v) is 17.7. The molecule has 1 N–H and O–H groups in total. The Morgan fingerprint density at radius 2 is 1.61 bits per heavy atom. The van der Waals surface area contributed by atoms with Crippen LogP contribution >= 0.6 is 40.7 Å². The molecule has 1 fully saturated rings. The van der Waals surface area contributed by atoms with E-state index < -0.39 is 12.4 Å². The molecule has 0 aliphatic carbocycles. The lowest BCUT2D eigenvalue weighted by molar-refractivity contribution is -0.274. The highest BCUT2D eigenvalue weighted by molar-refractivity contribution is 9.10. The van der Waals surface area contributed by atoms with E-state index in [2.05, 4.69) is 30.9 Å². The highest BCUT2D eigenvalue weighted by atomic mass is 79.9. The van der Waals surface area contributed by atoms with Gasteiger partial charge in [0.1, 0.15) is 11.6 Å². The summed E-state index contributed by atoms with van der Waals surface area (Å²) >= 11 is 3.20. The lowest BCUT2D eigenvalue weighted by atomic mass is 9.96. The number of alkyl halides is 3. The van der Waals surface area contributed by atoms with Crippen LogP contribution in [0, 0.1) is 5.82 Å². The van der Waals surface area contributed by atoms with Gasteiger partial charge in [-0.2, -0.15) is 0 Å². The number of ether oxygens (including phenoxy) is 1. The van der Waals surface area contributed by atoms with Gasteiger partial charge in [-0.3, -0.25) is 4.90 Å². The molecule has 0 radical (unpaired) electrons. The summed E-state index contributed by atoms with van der Waals surface area (Å²) in [5.74, 6) is -0.665. The topological polar surface area (TPSA) is 24.5 Å². The molecule has 0 saturated carbocycles. The number of hydrogen-bond acceptors (Lipinski definition) is 3. The molecule has 28 heavy (non-hydrogen) atoms. The minimum Gasteiger partial charge on any atom is -0.406 e. The molecule has 0 amide bonds. The van der Waals surface area contributed by atoms with E-state index in [4.69, 9.17) is 0 Å². The van der Waals surface area contributed by atoms with Gasteiger partial charge in [-0.05, 0) is 39.7 Å². The molecule has 0 bridgehead atoms. The van der Waals surface area contributed by atoms with Gasteiger partial charge in [0.2, 0.25) is 0 Å². The average molecular weight is 506 g/mol. The molecule has 156 valence electrons. The number of piperazine rings is 1. The predicted octanol–water partition coefficient (Wildman–Crippen LogP) is 5.33. The van der Waals surface area contributed by atoms with Crippen LogP contribution in [0.25, 0.3) is 0 Å². The average Bonchev–Trinajstić information content (AvgIpc) is 2.60. The minimum absolute atomic E-state index is 0. The summed E-state index contributed by atoms with van der Waals surface area (Å²) < 4.78 is 56.1. The van der Waals surface area contributed by atoms with Crippen LogP contribution in [0.2, 0.25) is 0 Å². The Balaban J connectivity index is 0.00000196. The first-order chi connectivity index (χ1) is 12.3. The summed E-state index contributed by atoms with van der Waals surface area (Å²) in [5.41, 5.74) is 1.18. The Morgan fingerprint density at radius 3 is 2.18 bits per heavy atom. The van der Waals surface area contributed by atoms with Crippen molar-refractivity contribution in [3.8, 4) is 5.75 Å². The Labute approximate surface area is 181 Å². The van der Waals surface area contributed by atoms with Crippen molar-refractivity contribution in [1.29, 1.82) is 0 Å². The lowest BCUT2D eigenvalue weighted by Gasteiger charge is -2.35. The first-order valence-corrected chi connectivity index (χ1v) is 8.89. The monoisotopic (exact) mass is 504 g/mol.